The fourth-order valence-electron chi connectivity index (χ4n) is 4.79. The first-order valence-electron chi connectivity index (χ1n) is 11.9. The molecule has 1 fully saturated rings. The fourth-order valence-corrected chi connectivity index (χ4v) is 4.79. The van der Waals surface area contributed by atoms with Crippen LogP contribution in [0.3, 0.4) is 0 Å². The van der Waals surface area contributed by atoms with Crippen LogP contribution in [0.4, 0.5) is 4.39 Å². The minimum atomic E-state index is -0.928. The molecular weight excluding hydrogens is 387 g/mol. The van der Waals surface area contributed by atoms with E-state index in [1.165, 1.54) is 44.1 Å². The highest BCUT2D eigenvalue weighted by Crippen LogP contribution is 2.39. The monoisotopic (exact) mass is 422 g/mol. The summed E-state index contributed by atoms with van der Waals surface area (Å²) < 4.78 is 14.4. The molecule has 3 rings (SSSR count). The van der Waals surface area contributed by atoms with Crippen molar-refractivity contribution in [2.75, 3.05) is 0 Å². The van der Waals surface area contributed by atoms with Crippen LogP contribution in [0.15, 0.2) is 48.5 Å². The summed E-state index contributed by atoms with van der Waals surface area (Å²) in [6.45, 7) is 4.34. The number of hydrogen-bond donors (Lipinski definition) is 1. The van der Waals surface area contributed by atoms with Crippen LogP contribution in [0.1, 0.15) is 99.0 Å². The number of carboxylic acid groups (broad SMARTS) is 1. The molecule has 3 heteroatoms. The Bertz CT molecular complexity index is 890. The van der Waals surface area contributed by atoms with Gasteiger partial charge in [0.05, 0.1) is 5.56 Å². The van der Waals surface area contributed by atoms with Crippen LogP contribution < -0.4 is 0 Å². The quantitative estimate of drug-likeness (QED) is 0.411. The smallest absolute Gasteiger partial charge is 0.336 e. The van der Waals surface area contributed by atoms with Crippen molar-refractivity contribution in [2.45, 2.75) is 77.6 Å². The third kappa shape index (κ3) is 6.06. The molecule has 166 valence electrons. The van der Waals surface area contributed by atoms with E-state index in [0.29, 0.717) is 17.0 Å². The molecule has 1 aliphatic rings. The van der Waals surface area contributed by atoms with Gasteiger partial charge >= 0.3 is 5.97 Å². The van der Waals surface area contributed by atoms with Gasteiger partial charge in [-0.1, -0.05) is 69.5 Å². The molecule has 2 nitrogen and oxygen atoms in total. The van der Waals surface area contributed by atoms with Gasteiger partial charge in [-0.05, 0) is 79.2 Å². The van der Waals surface area contributed by atoms with E-state index in [0.717, 1.165) is 36.3 Å². The van der Waals surface area contributed by atoms with Crippen molar-refractivity contribution >= 4 is 11.8 Å². The Morgan fingerprint density at radius 3 is 2.35 bits per heavy atom. The molecule has 31 heavy (non-hydrogen) atoms. The number of allylic oxidation sites excluding steroid dienone is 1. The molecule has 1 saturated carbocycles. The van der Waals surface area contributed by atoms with Crippen molar-refractivity contribution in [3.63, 3.8) is 0 Å². The summed E-state index contributed by atoms with van der Waals surface area (Å²) in [6, 6.07) is 13.0. The number of benzene rings is 2. The highest BCUT2D eigenvalue weighted by molar-refractivity contribution is 5.96. The van der Waals surface area contributed by atoms with Crippen LogP contribution in [0.2, 0.25) is 0 Å². The molecule has 0 saturated heterocycles. The average Bonchev–Trinajstić information content (AvgIpc) is 2.79. The highest BCUT2D eigenvalue weighted by atomic mass is 19.1. The molecule has 0 heterocycles. The Balaban J connectivity index is 1.83. The molecule has 0 aromatic heterocycles. The van der Waals surface area contributed by atoms with Gasteiger partial charge in [0.2, 0.25) is 0 Å². The van der Waals surface area contributed by atoms with E-state index in [1.807, 2.05) is 18.2 Å². The van der Waals surface area contributed by atoms with Crippen LogP contribution in [0.25, 0.3) is 17.0 Å². The number of carboxylic acids is 1. The first-order valence-corrected chi connectivity index (χ1v) is 11.9. The van der Waals surface area contributed by atoms with E-state index >= 15 is 0 Å². The van der Waals surface area contributed by atoms with Crippen molar-refractivity contribution in [3.05, 3.63) is 65.2 Å². The van der Waals surface area contributed by atoms with E-state index in [-0.39, 0.29) is 5.83 Å². The highest BCUT2D eigenvalue weighted by Gasteiger charge is 2.23. The summed E-state index contributed by atoms with van der Waals surface area (Å²) in [5, 5.41) is 9.72. The second-order valence-corrected chi connectivity index (χ2v) is 8.89. The zero-order chi connectivity index (χ0) is 22.2. The zero-order valence-electron chi connectivity index (χ0n) is 18.9. The number of hydrogen-bond acceptors (Lipinski definition) is 1. The van der Waals surface area contributed by atoms with Gasteiger partial charge in [-0.25, -0.2) is 9.18 Å². The molecule has 0 amide bonds. The number of halogens is 1. The zero-order valence-corrected chi connectivity index (χ0v) is 18.9. The lowest BCUT2D eigenvalue weighted by Crippen LogP contribution is -2.13. The Morgan fingerprint density at radius 2 is 1.74 bits per heavy atom. The first kappa shape index (κ1) is 23.2. The molecular formula is C28H35FO2. The minimum Gasteiger partial charge on any atom is -0.478 e. The van der Waals surface area contributed by atoms with Gasteiger partial charge in [-0.3, -0.25) is 0 Å². The summed E-state index contributed by atoms with van der Waals surface area (Å²) in [4.78, 5) is 11.9. The van der Waals surface area contributed by atoms with Gasteiger partial charge in [-0.15, -0.1) is 0 Å². The van der Waals surface area contributed by atoms with Crippen molar-refractivity contribution in [1.82, 2.24) is 0 Å². The van der Waals surface area contributed by atoms with Gasteiger partial charge in [-0.2, -0.15) is 0 Å². The van der Waals surface area contributed by atoms with Crippen LogP contribution in [-0.2, 0) is 0 Å². The van der Waals surface area contributed by atoms with Crippen LogP contribution in [0, 0.1) is 5.92 Å². The van der Waals surface area contributed by atoms with Gasteiger partial charge in [0.15, 0.2) is 0 Å². The topological polar surface area (TPSA) is 37.3 Å². The summed E-state index contributed by atoms with van der Waals surface area (Å²) in [6.07, 6.45) is 11.8. The average molecular weight is 423 g/mol. The second kappa shape index (κ2) is 11.3. The van der Waals surface area contributed by atoms with E-state index < -0.39 is 5.97 Å². The third-order valence-corrected chi connectivity index (χ3v) is 6.64. The van der Waals surface area contributed by atoms with E-state index in [4.69, 9.17) is 0 Å². The third-order valence-electron chi connectivity index (χ3n) is 6.64. The Morgan fingerprint density at radius 1 is 1.03 bits per heavy atom. The second-order valence-electron chi connectivity index (χ2n) is 8.89. The molecule has 0 atom stereocenters. The van der Waals surface area contributed by atoms with Crippen LogP contribution >= 0.6 is 0 Å². The SMILES string of the molecule is CCCC/C=C(/F)c1ccc(-c2cc(C3CCC(CCC)CC3)ccc2C(=O)O)cc1. The summed E-state index contributed by atoms with van der Waals surface area (Å²) in [7, 11) is 0. The van der Waals surface area contributed by atoms with Gasteiger partial charge in [0.1, 0.15) is 5.83 Å². The van der Waals surface area contributed by atoms with Crippen LogP contribution in [-0.4, -0.2) is 11.1 Å². The standard InChI is InChI=1S/C28H35FO2/c1-3-5-6-8-27(29)23-15-13-22(14-16-23)26-19-24(17-18-25(26)28(30)31)21-11-9-20(7-4-2)10-12-21/h8,13-21H,3-7,9-12H2,1-2H3,(H,30,31)/b27-8+. The van der Waals surface area contributed by atoms with E-state index in [2.05, 4.69) is 19.9 Å². The molecule has 0 radical (unpaired) electrons. The van der Waals surface area contributed by atoms with Gasteiger partial charge < -0.3 is 5.11 Å². The maximum Gasteiger partial charge on any atom is 0.336 e. The molecule has 0 unspecified atom stereocenters. The molecule has 0 aliphatic heterocycles. The van der Waals surface area contributed by atoms with Crippen molar-refractivity contribution in [3.8, 4) is 11.1 Å². The van der Waals surface area contributed by atoms with E-state index in [1.54, 1.807) is 24.3 Å². The summed E-state index contributed by atoms with van der Waals surface area (Å²) in [5.74, 6) is 0.193. The predicted octanol–water partition coefficient (Wildman–Crippen LogP) is 8.63. The maximum absolute atomic E-state index is 14.4. The molecule has 1 aliphatic carbocycles. The molecule has 1 N–H and O–H groups in total. The van der Waals surface area contributed by atoms with Gasteiger partial charge in [0.25, 0.3) is 0 Å². The predicted molar refractivity (Wildman–Crippen MR) is 127 cm³/mol. The lowest BCUT2D eigenvalue weighted by Gasteiger charge is -2.29. The number of unbranched alkanes of at least 4 members (excludes halogenated alkanes) is 2. The largest absolute Gasteiger partial charge is 0.478 e. The maximum atomic E-state index is 14.4. The fraction of sp³-hybridized carbons (Fsp3) is 0.464. The Labute approximate surface area is 186 Å². The van der Waals surface area contributed by atoms with Crippen molar-refractivity contribution in [2.24, 2.45) is 5.92 Å². The lowest BCUT2D eigenvalue weighted by molar-refractivity contribution is 0.0697. The first-order chi connectivity index (χ1) is 15.0. The lowest BCUT2D eigenvalue weighted by atomic mass is 9.76. The minimum absolute atomic E-state index is 0.212. The number of rotatable bonds is 9. The summed E-state index contributed by atoms with van der Waals surface area (Å²) in [5.41, 5.74) is 3.62. The van der Waals surface area contributed by atoms with E-state index in [9.17, 15) is 14.3 Å². The molecule has 0 bridgehead atoms. The molecule has 2 aromatic carbocycles. The summed E-state index contributed by atoms with van der Waals surface area (Å²) >= 11 is 0. The number of aromatic carboxylic acids is 1. The Kier molecular flexibility index (Phi) is 8.45. The Hall–Kier alpha value is -2.42. The van der Waals surface area contributed by atoms with Crippen LogP contribution in [0.5, 0.6) is 0 Å². The normalized spacial score (nSPS) is 19.4. The van der Waals surface area contributed by atoms with Crippen molar-refractivity contribution in [1.29, 1.82) is 0 Å². The van der Waals surface area contributed by atoms with Gasteiger partial charge in [0, 0.05) is 5.56 Å². The molecule has 0 spiro atoms. The van der Waals surface area contributed by atoms with Crippen molar-refractivity contribution < 1.29 is 14.3 Å². The number of carbonyl (C=O) groups is 1. The molecule has 2 aromatic rings.